The lowest BCUT2D eigenvalue weighted by Crippen LogP contribution is -2.53. The van der Waals surface area contributed by atoms with E-state index in [0.717, 1.165) is 62.7 Å². The third-order valence-corrected chi connectivity index (χ3v) is 6.97. The van der Waals surface area contributed by atoms with Crippen molar-refractivity contribution in [2.24, 2.45) is 5.92 Å². The summed E-state index contributed by atoms with van der Waals surface area (Å²) < 4.78 is 12.3. The molecule has 9 heteroatoms. The fourth-order valence-electron chi connectivity index (χ4n) is 5.08. The Balaban J connectivity index is 1.30. The Morgan fingerprint density at radius 1 is 1.15 bits per heavy atom. The first-order valence-corrected chi connectivity index (χ1v) is 11.9. The van der Waals surface area contributed by atoms with Crippen LogP contribution in [0.2, 0.25) is 0 Å². The second-order valence-electron chi connectivity index (χ2n) is 9.16. The van der Waals surface area contributed by atoms with Crippen LogP contribution in [0.4, 0.5) is 0 Å². The van der Waals surface area contributed by atoms with Crippen LogP contribution in [-0.4, -0.2) is 69.9 Å². The standard InChI is InChI=1S/C24H31N5O4/c1-2-19-16-27(9-10-28(19)15-17-6-11-32-12-7-17)14-18-3-4-21-20(13-18)23(26-33-21)29-8-5-22(30)25-24(29)31/h3-5,8,13,17,19H,2,6-7,9-12,14-16H2,1H3,(H,25,30,31). The molecule has 2 aliphatic heterocycles. The van der Waals surface area contributed by atoms with Gasteiger partial charge in [0, 0.05) is 64.2 Å². The van der Waals surface area contributed by atoms with E-state index < -0.39 is 11.2 Å². The van der Waals surface area contributed by atoms with Crippen LogP contribution < -0.4 is 11.2 Å². The van der Waals surface area contributed by atoms with Gasteiger partial charge in [-0.25, -0.2) is 9.36 Å². The van der Waals surface area contributed by atoms with Crippen LogP contribution in [0.3, 0.4) is 0 Å². The molecular formula is C24H31N5O4. The van der Waals surface area contributed by atoms with Crippen LogP contribution in [-0.2, 0) is 11.3 Å². The zero-order valence-electron chi connectivity index (χ0n) is 19.0. The third-order valence-electron chi connectivity index (χ3n) is 6.97. The summed E-state index contributed by atoms with van der Waals surface area (Å²) in [5, 5.41) is 4.83. The summed E-state index contributed by atoms with van der Waals surface area (Å²) in [7, 11) is 0. The number of rotatable bonds is 6. The van der Waals surface area contributed by atoms with Gasteiger partial charge in [-0.2, -0.15) is 0 Å². The van der Waals surface area contributed by atoms with Gasteiger partial charge < -0.3 is 9.26 Å². The summed E-state index contributed by atoms with van der Waals surface area (Å²) in [6, 6.07) is 7.86. The first kappa shape index (κ1) is 22.1. The molecule has 0 bridgehead atoms. The maximum Gasteiger partial charge on any atom is 0.334 e. The zero-order chi connectivity index (χ0) is 22.8. The van der Waals surface area contributed by atoms with Crippen LogP contribution in [0.15, 0.2) is 44.6 Å². The van der Waals surface area contributed by atoms with E-state index in [1.165, 1.54) is 36.2 Å². The summed E-state index contributed by atoms with van der Waals surface area (Å²) in [6.07, 6.45) is 4.92. The highest BCUT2D eigenvalue weighted by Crippen LogP contribution is 2.25. The molecule has 3 aromatic rings. The molecule has 0 radical (unpaired) electrons. The van der Waals surface area contributed by atoms with Crippen molar-refractivity contribution >= 4 is 11.0 Å². The van der Waals surface area contributed by atoms with Crippen LogP contribution in [0.5, 0.6) is 0 Å². The van der Waals surface area contributed by atoms with E-state index in [9.17, 15) is 9.59 Å². The number of ether oxygens (including phenoxy) is 1. The Morgan fingerprint density at radius 2 is 2.00 bits per heavy atom. The van der Waals surface area contributed by atoms with Crippen molar-refractivity contribution in [2.75, 3.05) is 39.4 Å². The van der Waals surface area contributed by atoms with Gasteiger partial charge in [0.25, 0.3) is 5.56 Å². The van der Waals surface area contributed by atoms with Crippen molar-refractivity contribution in [2.45, 2.75) is 38.8 Å². The predicted molar refractivity (Wildman–Crippen MR) is 125 cm³/mol. The fraction of sp³-hybridized carbons (Fsp3) is 0.542. The van der Waals surface area contributed by atoms with Gasteiger partial charge in [0.05, 0.1) is 5.39 Å². The van der Waals surface area contributed by atoms with Gasteiger partial charge in [0.2, 0.25) is 0 Å². The normalized spacial score (nSPS) is 21.1. The highest BCUT2D eigenvalue weighted by molar-refractivity contribution is 5.84. The lowest BCUT2D eigenvalue weighted by atomic mass is 9.97. The molecule has 2 saturated heterocycles. The molecule has 33 heavy (non-hydrogen) atoms. The van der Waals surface area contributed by atoms with Crippen molar-refractivity contribution in [3.8, 4) is 5.82 Å². The van der Waals surface area contributed by atoms with E-state index in [0.29, 0.717) is 17.4 Å². The molecule has 2 aliphatic rings. The van der Waals surface area contributed by atoms with Crippen molar-refractivity contribution < 1.29 is 9.26 Å². The van der Waals surface area contributed by atoms with E-state index in [2.05, 4.69) is 32.9 Å². The molecule has 2 aromatic heterocycles. The molecule has 0 saturated carbocycles. The number of H-pyrrole nitrogens is 1. The number of aromatic amines is 1. The molecule has 176 valence electrons. The van der Waals surface area contributed by atoms with Crippen molar-refractivity contribution in [1.82, 2.24) is 24.5 Å². The van der Waals surface area contributed by atoms with E-state index >= 15 is 0 Å². The minimum absolute atomic E-state index is 0.390. The van der Waals surface area contributed by atoms with Crippen LogP contribution in [0, 0.1) is 5.92 Å². The van der Waals surface area contributed by atoms with Crippen LogP contribution in [0.1, 0.15) is 31.7 Å². The molecule has 5 rings (SSSR count). The first-order valence-electron chi connectivity index (χ1n) is 11.9. The van der Waals surface area contributed by atoms with E-state index in [1.807, 2.05) is 12.1 Å². The van der Waals surface area contributed by atoms with Gasteiger partial charge in [0.1, 0.15) is 0 Å². The van der Waals surface area contributed by atoms with Crippen molar-refractivity contribution in [3.05, 3.63) is 56.9 Å². The summed E-state index contributed by atoms with van der Waals surface area (Å²) in [4.78, 5) is 31.1. The Bertz CT molecular complexity index is 1210. The fourth-order valence-corrected chi connectivity index (χ4v) is 5.08. The van der Waals surface area contributed by atoms with Gasteiger partial charge in [-0.05, 0) is 42.9 Å². The Hall–Kier alpha value is -2.75. The number of fused-ring (bicyclic) bond motifs is 1. The average molecular weight is 454 g/mol. The highest BCUT2D eigenvalue weighted by Gasteiger charge is 2.28. The van der Waals surface area contributed by atoms with Gasteiger partial charge >= 0.3 is 5.69 Å². The van der Waals surface area contributed by atoms with Crippen LogP contribution >= 0.6 is 0 Å². The number of aromatic nitrogens is 3. The molecule has 1 atom stereocenters. The number of hydrogen-bond donors (Lipinski definition) is 1. The Morgan fingerprint density at radius 3 is 2.79 bits per heavy atom. The second-order valence-corrected chi connectivity index (χ2v) is 9.16. The summed E-state index contributed by atoms with van der Waals surface area (Å²) in [5.74, 6) is 1.14. The van der Waals surface area contributed by atoms with Crippen molar-refractivity contribution in [3.63, 3.8) is 0 Å². The number of nitrogens with zero attached hydrogens (tertiary/aromatic N) is 4. The number of nitrogens with one attached hydrogen (secondary N) is 1. The third kappa shape index (κ3) is 4.80. The minimum Gasteiger partial charge on any atom is -0.381 e. The number of benzene rings is 1. The minimum atomic E-state index is -0.533. The molecule has 0 spiro atoms. The SMILES string of the molecule is CCC1CN(Cc2ccc3onc(-n4ccc(=O)[nH]c4=O)c3c2)CCN1CC1CCOCC1. The van der Waals surface area contributed by atoms with E-state index in [-0.39, 0.29) is 0 Å². The van der Waals surface area contributed by atoms with E-state index in [4.69, 9.17) is 9.26 Å². The lowest BCUT2D eigenvalue weighted by molar-refractivity contribution is 0.0194. The molecule has 0 amide bonds. The molecule has 1 aromatic carbocycles. The predicted octanol–water partition coefficient (Wildman–Crippen LogP) is 1.99. The largest absolute Gasteiger partial charge is 0.381 e. The average Bonchev–Trinajstić information content (AvgIpc) is 3.24. The second kappa shape index (κ2) is 9.62. The van der Waals surface area contributed by atoms with Gasteiger partial charge in [-0.15, -0.1) is 0 Å². The monoisotopic (exact) mass is 453 g/mol. The van der Waals surface area contributed by atoms with Gasteiger partial charge in [0.15, 0.2) is 11.4 Å². The number of hydrogen-bond acceptors (Lipinski definition) is 7. The molecule has 2 fully saturated rings. The topological polar surface area (TPSA) is 96.6 Å². The molecule has 9 nitrogen and oxygen atoms in total. The lowest BCUT2D eigenvalue weighted by Gasteiger charge is -2.43. The molecular weight excluding hydrogens is 422 g/mol. The maximum atomic E-state index is 12.2. The van der Waals surface area contributed by atoms with Gasteiger partial charge in [-0.1, -0.05) is 18.1 Å². The van der Waals surface area contributed by atoms with Crippen LogP contribution in [0.25, 0.3) is 16.8 Å². The highest BCUT2D eigenvalue weighted by atomic mass is 16.5. The number of piperazine rings is 1. The smallest absolute Gasteiger partial charge is 0.334 e. The quantitative estimate of drug-likeness (QED) is 0.610. The Labute approximate surface area is 191 Å². The summed E-state index contributed by atoms with van der Waals surface area (Å²) >= 11 is 0. The Kier molecular flexibility index (Phi) is 6.43. The van der Waals surface area contributed by atoms with E-state index in [1.54, 1.807) is 0 Å². The maximum absolute atomic E-state index is 12.2. The summed E-state index contributed by atoms with van der Waals surface area (Å²) in [6.45, 7) is 9.27. The molecule has 1 N–H and O–H groups in total. The first-order chi connectivity index (χ1) is 16.1. The molecule has 0 aliphatic carbocycles. The summed E-state index contributed by atoms with van der Waals surface area (Å²) in [5.41, 5.74) is 0.789. The molecule has 4 heterocycles. The zero-order valence-corrected chi connectivity index (χ0v) is 19.0. The molecule has 1 unspecified atom stereocenters. The van der Waals surface area contributed by atoms with Gasteiger partial charge in [-0.3, -0.25) is 19.6 Å². The van der Waals surface area contributed by atoms with Crippen molar-refractivity contribution in [1.29, 1.82) is 0 Å².